The summed E-state index contributed by atoms with van der Waals surface area (Å²) in [6.07, 6.45) is 3.53. The first-order valence-electron chi connectivity index (χ1n) is 9.68. The molecule has 1 aliphatic heterocycles. The molecule has 5 nitrogen and oxygen atoms in total. The molecule has 0 bridgehead atoms. The fourth-order valence-electron chi connectivity index (χ4n) is 4.34. The molecule has 2 rings (SSSR count). The predicted molar refractivity (Wildman–Crippen MR) is 101 cm³/mol. The van der Waals surface area contributed by atoms with E-state index in [1.807, 2.05) is 9.80 Å². The molecule has 0 aromatic carbocycles. The Kier molecular flexibility index (Phi) is 7.05. The summed E-state index contributed by atoms with van der Waals surface area (Å²) in [7, 11) is 0. The minimum atomic E-state index is 0.161. The zero-order valence-electron chi connectivity index (χ0n) is 16.6. The van der Waals surface area contributed by atoms with Crippen LogP contribution in [-0.4, -0.2) is 72.3 Å². The maximum atomic E-state index is 12.1. The van der Waals surface area contributed by atoms with Crippen LogP contribution in [0.1, 0.15) is 41.0 Å². The third-order valence-corrected chi connectivity index (χ3v) is 5.98. The first-order valence-corrected chi connectivity index (χ1v) is 9.68. The second-order valence-electron chi connectivity index (χ2n) is 8.03. The molecule has 1 heterocycles. The van der Waals surface area contributed by atoms with Crippen LogP contribution in [0.15, 0.2) is 11.6 Å². The van der Waals surface area contributed by atoms with Crippen molar-refractivity contribution in [2.45, 2.75) is 41.0 Å². The summed E-state index contributed by atoms with van der Waals surface area (Å²) < 4.78 is 0. The monoisotopic (exact) mass is 349 g/mol. The first-order chi connectivity index (χ1) is 11.8. The van der Waals surface area contributed by atoms with Gasteiger partial charge in [-0.15, -0.1) is 0 Å². The first kappa shape index (κ1) is 20.0. The van der Waals surface area contributed by atoms with Crippen LogP contribution in [-0.2, 0) is 9.59 Å². The number of piperazine rings is 1. The van der Waals surface area contributed by atoms with Crippen LogP contribution in [0.5, 0.6) is 0 Å². The Morgan fingerprint density at radius 1 is 1.16 bits per heavy atom. The lowest BCUT2D eigenvalue weighted by atomic mass is 9.75. The van der Waals surface area contributed by atoms with E-state index in [2.05, 4.69) is 31.7 Å². The molecule has 0 aromatic heterocycles. The molecule has 0 spiro atoms. The highest BCUT2D eigenvalue weighted by Crippen LogP contribution is 2.34. The van der Waals surface area contributed by atoms with Crippen molar-refractivity contribution in [2.75, 3.05) is 45.8 Å². The van der Waals surface area contributed by atoms with Crippen molar-refractivity contribution in [1.82, 2.24) is 14.7 Å². The van der Waals surface area contributed by atoms with Gasteiger partial charge >= 0.3 is 0 Å². The molecule has 0 radical (unpaired) electrons. The quantitative estimate of drug-likeness (QED) is 0.715. The lowest BCUT2D eigenvalue weighted by molar-refractivity contribution is -0.130. The van der Waals surface area contributed by atoms with E-state index in [0.717, 1.165) is 52.2 Å². The number of carbonyl (C=O) groups excluding carboxylic acids is 2. The molecule has 2 aliphatic rings. The van der Waals surface area contributed by atoms with E-state index in [0.29, 0.717) is 17.8 Å². The van der Waals surface area contributed by atoms with E-state index in [1.165, 1.54) is 5.57 Å². The maximum absolute atomic E-state index is 12.1. The molecule has 3 atom stereocenters. The van der Waals surface area contributed by atoms with E-state index < -0.39 is 0 Å². The Balaban J connectivity index is 1.85. The highest BCUT2D eigenvalue weighted by Gasteiger charge is 2.29. The zero-order chi connectivity index (χ0) is 18.6. The molecule has 0 N–H and O–H groups in total. The van der Waals surface area contributed by atoms with Crippen molar-refractivity contribution in [3.8, 4) is 0 Å². The Morgan fingerprint density at radius 2 is 1.80 bits per heavy atom. The molecule has 0 aromatic rings. The van der Waals surface area contributed by atoms with E-state index in [4.69, 9.17) is 0 Å². The van der Waals surface area contributed by atoms with Crippen LogP contribution in [0.2, 0.25) is 0 Å². The van der Waals surface area contributed by atoms with E-state index in [9.17, 15) is 9.59 Å². The van der Waals surface area contributed by atoms with Gasteiger partial charge in [-0.3, -0.25) is 14.5 Å². The van der Waals surface area contributed by atoms with Crippen LogP contribution >= 0.6 is 0 Å². The SMILES string of the molecule is CC(=O)N1CCN(CCN(C[C@@H]2[C@@H](C)C=C(C)C[C@@H]2C)C(C)=O)CC1. The van der Waals surface area contributed by atoms with Crippen molar-refractivity contribution in [2.24, 2.45) is 17.8 Å². The number of hydrogen-bond acceptors (Lipinski definition) is 3. The lowest BCUT2D eigenvalue weighted by Crippen LogP contribution is -2.50. The minimum absolute atomic E-state index is 0.161. The number of nitrogens with zero attached hydrogens (tertiary/aromatic N) is 3. The van der Waals surface area contributed by atoms with Gasteiger partial charge < -0.3 is 9.80 Å². The molecule has 2 amide bonds. The molecule has 5 heteroatoms. The fraction of sp³-hybridized carbons (Fsp3) is 0.800. The number of allylic oxidation sites excluding steroid dienone is 2. The van der Waals surface area contributed by atoms with Crippen molar-refractivity contribution in [1.29, 1.82) is 0 Å². The topological polar surface area (TPSA) is 43.9 Å². The van der Waals surface area contributed by atoms with E-state index in [-0.39, 0.29) is 11.8 Å². The standard InChI is InChI=1S/C20H35N3O2/c1-15-12-16(2)20(17(3)13-15)14-23(19(5)25)11-8-21-6-9-22(10-7-21)18(4)24/h12,16-17,20H,6-11,13-14H2,1-5H3/t16-,17-,20+/m0/s1. The van der Waals surface area contributed by atoms with Crippen LogP contribution < -0.4 is 0 Å². The Hall–Kier alpha value is -1.36. The van der Waals surface area contributed by atoms with Gasteiger partial charge in [-0.25, -0.2) is 0 Å². The fourth-order valence-corrected chi connectivity index (χ4v) is 4.34. The second-order valence-corrected chi connectivity index (χ2v) is 8.03. The summed E-state index contributed by atoms with van der Waals surface area (Å²) in [6.45, 7) is 16.1. The average Bonchev–Trinajstić information content (AvgIpc) is 2.53. The molecule has 0 unspecified atom stereocenters. The maximum Gasteiger partial charge on any atom is 0.219 e. The van der Waals surface area contributed by atoms with E-state index >= 15 is 0 Å². The molecular weight excluding hydrogens is 314 g/mol. The molecule has 1 aliphatic carbocycles. The van der Waals surface area contributed by atoms with Crippen molar-refractivity contribution < 1.29 is 9.59 Å². The lowest BCUT2D eigenvalue weighted by Gasteiger charge is -2.38. The molecule has 142 valence electrons. The van der Waals surface area contributed by atoms with Crippen LogP contribution in [0.3, 0.4) is 0 Å². The molecule has 25 heavy (non-hydrogen) atoms. The number of hydrogen-bond donors (Lipinski definition) is 0. The van der Waals surface area contributed by atoms with Gasteiger partial charge in [-0.2, -0.15) is 0 Å². The van der Waals surface area contributed by atoms with Gasteiger partial charge in [0, 0.05) is 59.7 Å². The minimum Gasteiger partial charge on any atom is -0.341 e. The molecular formula is C20H35N3O2. The third kappa shape index (κ3) is 5.56. The van der Waals surface area contributed by atoms with Crippen LogP contribution in [0.4, 0.5) is 0 Å². The van der Waals surface area contributed by atoms with Gasteiger partial charge in [-0.1, -0.05) is 25.5 Å². The van der Waals surface area contributed by atoms with Crippen LogP contribution in [0.25, 0.3) is 0 Å². The summed E-state index contributed by atoms with van der Waals surface area (Å²) in [5.74, 6) is 2.04. The van der Waals surface area contributed by atoms with Gasteiger partial charge in [0.05, 0.1) is 0 Å². The number of rotatable bonds is 5. The normalized spacial score (nSPS) is 27.8. The van der Waals surface area contributed by atoms with Gasteiger partial charge in [0.1, 0.15) is 0 Å². The summed E-state index contributed by atoms with van der Waals surface area (Å²) in [6, 6.07) is 0. The van der Waals surface area contributed by atoms with Gasteiger partial charge in [0.2, 0.25) is 11.8 Å². The van der Waals surface area contributed by atoms with Gasteiger partial charge in [0.25, 0.3) is 0 Å². The van der Waals surface area contributed by atoms with Crippen molar-refractivity contribution in [3.63, 3.8) is 0 Å². The predicted octanol–water partition coefficient (Wildman–Crippen LogP) is 2.24. The highest BCUT2D eigenvalue weighted by atomic mass is 16.2. The Morgan fingerprint density at radius 3 is 2.32 bits per heavy atom. The average molecular weight is 350 g/mol. The molecule has 0 saturated carbocycles. The Bertz CT molecular complexity index is 509. The second kappa shape index (κ2) is 8.84. The van der Waals surface area contributed by atoms with Crippen LogP contribution in [0, 0.1) is 17.8 Å². The van der Waals surface area contributed by atoms with Crippen molar-refractivity contribution >= 4 is 11.8 Å². The molecule has 1 fully saturated rings. The number of amides is 2. The largest absolute Gasteiger partial charge is 0.341 e. The smallest absolute Gasteiger partial charge is 0.219 e. The van der Waals surface area contributed by atoms with Gasteiger partial charge in [0.15, 0.2) is 0 Å². The van der Waals surface area contributed by atoms with E-state index in [1.54, 1.807) is 13.8 Å². The third-order valence-electron chi connectivity index (χ3n) is 5.98. The van der Waals surface area contributed by atoms with Gasteiger partial charge in [-0.05, 0) is 31.1 Å². The Labute approximate surface area is 153 Å². The summed E-state index contributed by atoms with van der Waals surface area (Å²) in [5.41, 5.74) is 1.48. The summed E-state index contributed by atoms with van der Waals surface area (Å²) >= 11 is 0. The highest BCUT2D eigenvalue weighted by molar-refractivity contribution is 5.73. The van der Waals surface area contributed by atoms with Crippen molar-refractivity contribution in [3.05, 3.63) is 11.6 Å². The number of carbonyl (C=O) groups is 2. The zero-order valence-corrected chi connectivity index (χ0v) is 16.6. The summed E-state index contributed by atoms with van der Waals surface area (Å²) in [4.78, 5) is 29.9. The summed E-state index contributed by atoms with van der Waals surface area (Å²) in [5, 5.41) is 0. The molecule has 1 saturated heterocycles.